The lowest BCUT2D eigenvalue weighted by atomic mass is 10.2. The summed E-state index contributed by atoms with van der Waals surface area (Å²) in [5.74, 6) is -0.0236. The highest BCUT2D eigenvalue weighted by molar-refractivity contribution is 5.80. The van der Waals surface area contributed by atoms with Gasteiger partial charge >= 0.3 is 5.63 Å². The lowest BCUT2D eigenvalue weighted by Crippen LogP contribution is -1.94. The Balaban J connectivity index is 2.92. The third-order valence-corrected chi connectivity index (χ3v) is 1.78. The third kappa shape index (κ3) is 1.31. The quantitative estimate of drug-likeness (QED) is 0.699. The molecule has 1 heterocycles. The molecule has 2 rings (SSSR count). The first-order valence-corrected chi connectivity index (χ1v) is 3.85. The van der Waals surface area contributed by atoms with Gasteiger partial charge in [0.25, 0.3) is 0 Å². The molecule has 0 saturated heterocycles. The molecule has 2 aromatic rings. The van der Waals surface area contributed by atoms with Crippen molar-refractivity contribution in [2.75, 3.05) is 7.11 Å². The molecule has 0 unspecified atom stereocenters. The number of ether oxygens (including phenoxy) is 1. The van der Waals surface area contributed by atoms with Crippen LogP contribution >= 0.6 is 0 Å². The fourth-order valence-corrected chi connectivity index (χ4v) is 1.14. The maximum Gasteiger partial charge on any atom is 0.336 e. The van der Waals surface area contributed by atoms with Gasteiger partial charge in [0.1, 0.15) is 5.58 Å². The number of hydrogen-bond donors (Lipinski definition) is 1. The molecular weight excluding hydrogens is 184 g/mol. The standard InChI is InChI=1S/C10H8O4/c1-13-9-4-6-2-3-10(12)14-8(6)5-7(9)11/h2-5,11H,1H3/i2D,3D. The van der Waals surface area contributed by atoms with Crippen molar-refractivity contribution >= 4 is 11.0 Å². The van der Waals surface area contributed by atoms with Gasteiger partial charge in [-0.2, -0.15) is 0 Å². The Kier molecular flexibility index (Phi) is 1.42. The zero-order valence-electron chi connectivity index (χ0n) is 9.33. The molecule has 1 aromatic carbocycles. The second-order valence-corrected chi connectivity index (χ2v) is 2.66. The SMILES string of the molecule is [2H]c1c([2H])c2cc(OC)c(O)cc2oc1=O. The Hall–Kier alpha value is -1.97. The number of fused-ring (bicyclic) bond motifs is 1. The van der Waals surface area contributed by atoms with E-state index in [4.69, 9.17) is 11.9 Å². The predicted octanol–water partition coefficient (Wildman–Crippen LogP) is 1.51. The molecule has 0 atom stereocenters. The number of aromatic hydroxyl groups is 1. The Morgan fingerprint density at radius 2 is 2.29 bits per heavy atom. The van der Waals surface area contributed by atoms with Crippen LogP contribution in [0.2, 0.25) is 0 Å². The van der Waals surface area contributed by atoms with Crippen molar-refractivity contribution in [3.63, 3.8) is 0 Å². The molecule has 4 nitrogen and oxygen atoms in total. The van der Waals surface area contributed by atoms with Gasteiger partial charge < -0.3 is 14.3 Å². The van der Waals surface area contributed by atoms with E-state index in [1.165, 1.54) is 19.2 Å². The van der Waals surface area contributed by atoms with Crippen molar-refractivity contribution in [1.82, 2.24) is 0 Å². The van der Waals surface area contributed by atoms with Crippen molar-refractivity contribution in [3.8, 4) is 11.5 Å². The molecule has 0 fully saturated rings. The van der Waals surface area contributed by atoms with Crippen LogP contribution in [0.25, 0.3) is 11.0 Å². The molecule has 0 amide bonds. The molecule has 0 radical (unpaired) electrons. The largest absolute Gasteiger partial charge is 0.504 e. The van der Waals surface area contributed by atoms with Crippen LogP contribution < -0.4 is 10.4 Å². The van der Waals surface area contributed by atoms with E-state index in [-0.39, 0.29) is 28.5 Å². The van der Waals surface area contributed by atoms with E-state index < -0.39 is 11.7 Å². The molecule has 1 N–H and O–H groups in total. The first-order valence-electron chi connectivity index (χ1n) is 4.85. The Morgan fingerprint density at radius 1 is 1.50 bits per heavy atom. The first kappa shape index (κ1) is 6.48. The molecule has 0 aliphatic carbocycles. The van der Waals surface area contributed by atoms with Gasteiger partial charge in [0, 0.05) is 17.5 Å². The van der Waals surface area contributed by atoms with Gasteiger partial charge in [-0.3, -0.25) is 0 Å². The molecule has 0 aliphatic rings. The minimum atomic E-state index is -0.901. The van der Waals surface area contributed by atoms with Crippen LogP contribution in [0.3, 0.4) is 0 Å². The Morgan fingerprint density at radius 3 is 3.00 bits per heavy atom. The molecule has 0 bridgehead atoms. The monoisotopic (exact) mass is 194 g/mol. The van der Waals surface area contributed by atoms with Crippen LogP contribution in [-0.4, -0.2) is 12.2 Å². The summed E-state index contributed by atoms with van der Waals surface area (Å²) in [6.45, 7) is 0. The molecule has 0 spiro atoms. The van der Waals surface area contributed by atoms with Gasteiger partial charge in [-0.25, -0.2) is 4.79 Å². The van der Waals surface area contributed by atoms with E-state index >= 15 is 0 Å². The van der Waals surface area contributed by atoms with E-state index in [0.29, 0.717) is 0 Å². The number of phenols is 1. The van der Waals surface area contributed by atoms with Gasteiger partial charge in [-0.15, -0.1) is 0 Å². The minimum absolute atomic E-state index is 0.0595. The summed E-state index contributed by atoms with van der Waals surface area (Å²) < 4.78 is 24.5. The van der Waals surface area contributed by atoms with Crippen molar-refractivity contribution in [2.24, 2.45) is 0 Å². The van der Waals surface area contributed by atoms with Gasteiger partial charge in [0.15, 0.2) is 11.5 Å². The number of rotatable bonds is 1. The van der Waals surface area contributed by atoms with E-state index in [2.05, 4.69) is 0 Å². The maximum atomic E-state index is 11.1. The zero-order chi connectivity index (χ0) is 11.9. The van der Waals surface area contributed by atoms with Crippen molar-refractivity contribution in [2.45, 2.75) is 0 Å². The van der Waals surface area contributed by atoms with Crippen LogP contribution in [0.15, 0.2) is 33.4 Å². The van der Waals surface area contributed by atoms with Gasteiger partial charge in [-0.1, -0.05) is 0 Å². The molecule has 0 saturated carbocycles. The molecule has 4 heteroatoms. The van der Waals surface area contributed by atoms with E-state index in [1.807, 2.05) is 0 Å². The maximum absolute atomic E-state index is 11.1. The highest BCUT2D eigenvalue weighted by atomic mass is 16.5. The number of benzene rings is 1. The molecule has 72 valence electrons. The smallest absolute Gasteiger partial charge is 0.336 e. The average molecular weight is 194 g/mol. The fourth-order valence-electron chi connectivity index (χ4n) is 1.14. The summed E-state index contributed by atoms with van der Waals surface area (Å²) in [5, 5.41) is 9.71. The Bertz CT molecular complexity index is 618. The molecule has 14 heavy (non-hydrogen) atoms. The third-order valence-electron chi connectivity index (χ3n) is 1.78. The number of methoxy groups -OCH3 is 1. The van der Waals surface area contributed by atoms with Gasteiger partial charge in [0.05, 0.1) is 9.85 Å². The average Bonchev–Trinajstić information content (AvgIpc) is 2.26. The van der Waals surface area contributed by atoms with Crippen LogP contribution in [0.4, 0.5) is 0 Å². The van der Waals surface area contributed by atoms with E-state index in [1.54, 1.807) is 0 Å². The van der Waals surface area contributed by atoms with Crippen LogP contribution in [0, 0.1) is 0 Å². The minimum Gasteiger partial charge on any atom is -0.504 e. The van der Waals surface area contributed by atoms with E-state index in [9.17, 15) is 9.90 Å². The normalized spacial score (nSPS) is 12.4. The van der Waals surface area contributed by atoms with Crippen LogP contribution in [0.1, 0.15) is 2.74 Å². The second-order valence-electron chi connectivity index (χ2n) is 2.66. The summed E-state index contributed by atoms with van der Waals surface area (Å²) in [4.78, 5) is 11.1. The van der Waals surface area contributed by atoms with Crippen molar-refractivity contribution < 1.29 is 17.0 Å². The first-order chi connectivity index (χ1) is 7.54. The van der Waals surface area contributed by atoms with Crippen LogP contribution in [0.5, 0.6) is 11.5 Å². The summed E-state index contributed by atoms with van der Waals surface area (Å²) in [6.07, 6.45) is 0. The Labute approximate surface area is 82.2 Å². The lowest BCUT2D eigenvalue weighted by molar-refractivity contribution is 0.373. The molecule has 1 aromatic heterocycles. The van der Waals surface area contributed by atoms with Gasteiger partial charge in [-0.05, 0) is 12.1 Å². The summed E-state index contributed by atoms with van der Waals surface area (Å²) in [7, 11) is 1.37. The summed E-state index contributed by atoms with van der Waals surface area (Å²) in [6, 6.07) is 1.78. The zero-order valence-corrected chi connectivity index (χ0v) is 7.33. The van der Waals surface area contributed by atoms with Gasteiger partial charge in [0.2, 0.25) is 0 Å². The number of phenolic OH excluding ortho intramolecular Hbond substituents is 1. The number of hydrogen-bond acceptors (Lipinski definition) is 4. The summed E-state index contributed by atoms with van der Waals surface area (Å²) in [5.41, 5.74) is -0.841. The molecular formula is C10H8O4. The molecule has 0 aliphatic heterocycles. The van der Waals surface area contributed by atoms with Crippen molar-refractivity contribution in [1.29, 1.82) is 0 Å². The summed E-state index contributed by atoms with van der Waals surface area (Å²) >= 11 is 0. The fraction of sp³-hybridized carbons (Fsp3) is 0.100. The van der Waals surface area contributed by atoms with E-state index in [0.717, 1.165) is 0 Å². The topological polar surface area (TPSA) is 59.7 Å². The lowest BCUT2D eigenvalue weighted by Gasteiger charge is -2.03. The highest BCUT2D eigenvalue weighted by Gasteiger charge is 2.05. The highest BCUT2D eigenvalue weighted by Crippen LogP contribution is 2.30. The second kappa shape index (κ2) is 3.06. The van der Waals surface area contributed by atoms with Crippen molar-refractivity contribution in [3.05, 3.63) is 34.6 Å². The van der Waals surface area contributed by atoms with Crippen LogP contribution in [-0.2, 0) is 0 Å². The predicted molar refractivity (Wildman–Crippen MR) is 50.7 cm³/mol.